The van der Waals surface area contributed by atoms with E-state index < -0.39 is 0 Å². The molecule has 1 aromatic heterocycles. The third-order valence-electron chi connectivity index (χ3n) is 4.65. The summed E-state index contributed by atoms with van der Waals surface area (Å²) in [6.07, 6.45) is 7.51. The third-order valence-corrected chi connectivity index (χ3v) is 4.65. The van der Waals surface area contributed by atoms with E-state index in [2.05, 4.69) is 79.7 Å². The molecule has 0 radical (unpaired) electrons. The van der Waals surface area contributed by atoms with Gasteiger partial charge in [0.25, 0.3) is 0 Å². The molecular formula is C24H27N. The van der Waals surface area contributed by atoms with E-state index in [1.54, 1.807) is 0 Å². The predicted octanol–water partition coefficient (Wildman–Crippen LogP) is 6.93. The van der Waals surface area contributed by atoms with Crippen molar-refractivity contribution >= 4 is 0 Å². The molecule has 25 heavy (non-hydrogen) atoms. The minimum atomic E-state index is 1.05. The van der Waals surface area contributed by atoms with Gasteiger partial charge >= 0.3 is 0 Å². The number of hydrogen-bond donors (Lipinski definition) is 0. The van der Waals surface area contributed by atoms with Gasteiger partial charge in [-0.25, -0.2) is 0 Å². The van der Waals surface area contributed by atoms with Crippen molar-refractivity contribution < 1.29 is 0 Å². The molecule has 0 N–H and O–H groups in total. The van der Waals surface area contributed by atoms with E-state index in [9.17, 15) is 0 Å². The predicted molar refractivity (Wildman–Crippen MR) is 108 cm³/mol. The zero-order valence-corrected chi connectivity index (χ0v) is 15.1. The lowest BCUT2D eigenvalue weighted by molar-refractivity contribution is 0.629. The summed E-state index contributed by atoms with van der Waals surface area (Å²) in [7, 11) is 0. The number of pyridine rings is 1. The summed E-state index contributed by atoms with van der Waals surface area (Å²) in [6, 6.07) is 25.5. The van der Waals surface area contributed by atoms with Gasteiger partial charge in [0.15, 0.2) is 0 Å². The van der Waals surface area contributed by atoms with E-state index in [-0.39, 0.29) is 0 Å². The van der Waals surface area contributed by atoms with Crippen LogP contribution in [0.3, 0.4) is 0 Å². The van der Waals surface area contributed by atoms with Gasteiger partial charge in [-0.15, -0.1) is 0 Å². The van der Waals surface area contributed by atoms with Gasteiger partial charge in [0.2, 0.25) is 0 Å². The van der Waals surface area contributed by atoms with Crippen LogP contribution in [-0.4, -0.2) is 4.98 Å². The second kappa shape index (κ2) is 9.17. The molecule has 1 heteroatoms. The van der Waals surface area contributed by atoms with Crippen molar-refractivity contribution in [1.82, 2.24) is 4.98 Å². The highest BCUT2D eigenvalue weighted by Gasteiger charge is 2.09. The quantitative estimate of drug-likeness (QED) is 0.408. The van der Waals surface area contributed by atoms with Gasteiger partial charge in [-0.05, 0) is 24.5 Å². The highest BCUT2D eigenvalue weighted by molar-refractivity contribution is 5.69. The molecule has 0 aliphatic carbocycles. The number of aromatic nitrogens is 1. The van der Waals surface area contributed by atoms with Crippen LogP contribution in [-0.2, 0) is 6.42 Å². The van der Waals surface area contributed by atoms with Gasteiger partial charge in [0.1, 0.15) is 0 Å². The second-order valence-electron chi connectivity index (χ2n) is 6.59. The van der Waals surface area contributed by atoms with Crippen LogP contribution >= 0.6 is 0 Å². The lowest BCUT2D eigenvalue weighted by Crippen LogP contribution is -1.97. The largest absolute Gasteiger partial charge is 0.252 e. The summed E-state index contributed by atoms with van der Waals surface area (Å²) >= 11 is 0. The van der Waals surface area contributed by atoms with E-state index in [0.717, 1.165) is 12.1 Å². The molecule has 1 heterocycles. The summed E-state index contributed by atoms with van der Waals surface area (Å²) in [6.45, 7) is 2.26. The fourth-order valence-electron chi connectivity index (χ4n) is 3.24. The average molecular weight is 329 g/mol. The average Bonchev–Trinajstić information content (AvgIpc) is 2.69. The van der Waals surface area contributed by atoms with Crippen molar-refractivity contribution in [3.8, 4) is 22.4 Å². The first kappa shape index (κ1) is 17.4. The zero-order valence-electron chi connectivity index (χ0n) is 15.1. The minimum absolute atomic E-state index is 1.05. The van der Waals surface area contributed by atoms with Crippen molar-refractivity contribution in [2.24, 2.45) is 0 Å². The number of unbranched alkanes of at least 4 members (excludes halogenated alkanes) is 4. The lowest BCUT2D eigenvalue weighted by Gasteiger charge is -2.12. The summed E-state index contributed by atoms with van der Waals surface area (Å²) in [5.41, 5.74) is 6.02. The van der Waals surface area contributed by atoms with Crippen LogP contribution in [0.5, 0.6) is 0 Å². The minimum Gasteiger partial charge on any atom is -0.252 e. The van der Waals surface area contributed by atoms with Crippen LogP contribution in [0.1, 0.15) is 44.7 Å². The van der Waals surface area contributed by atoms with E-state index in [1.165, 1.54) is 54.5 Å². The van der Waals surface area contributed by atoms with E-state index in [0.29, 0.717) is 0 Å². The molecule has 1 nitrogen and oxygen atoms in total. The first-order valence-electron chi connectivity index (χ1n) is 9.49. The van der Waals surface area contributed by atoms with E-state index in [1.807, 2.05) is 0 Å². The first-order valence-corrected chi connectivity index (χ1v) is 9.49. The molecule has 0 fully saturated rings. The summed E-state index contributed by atoms with van der Waals surface area (Å²) in [5, 5.41) is 0. The molecule has 2 aromatic carbocycles. The Bertz CT molecular complexity index is 763. The van der Waals surface area contributed by atoms with Crippen LogP contribution < -0.4 is 0 Å². The van der Waals surface area contributed by atoms with Gasteiger partial charge in [-0.3, -0.25) is 4.98 Å². The maximum Gasteiger partial charge on any atom is 0.0705 e. The fourth-order valence-corrected chi connectivity index (χ4v) is 3.24. The lowest BCUT2D eigenvalue weighted by atomic mass is 9.98. The Hall–Kier alpha value is -2.41. The SMILES string of the molecule is CCCCCCCc1nc(-c2ccccc2)ccc1-c1ccccc1. The Morgan fingerprint density at radius 2 is 1.28 bits per heavy atom. The third kappa shape index (κ3) is 4.79. The fraction of sp³-hybridized carbons (Fsp3) is 0.292. The number of nitrogens with zero attached hydrogens (tertiary/aromatic N) is 1. The number of benzene rings is 2. The van der Waals surface area contributed by atoms with Crippen LogP contribution in [0, 0.1) is 0 Å². The van der Waals surface area contributed by atoms with Crippen molar-refractivity contribution in [3.05, 3.63) is 78.5 Å². The monoisotopic (exact) mass is 329 g/mol. The molecule has 128 valence electrons. The molecule has 0 aliphatic heterocycles. The highest BCUT2D eigenvalue weighted by Crippen LogP contribution is 2.27. The molecule has 3 aromatic rings. The Morgan fingerprint density at radius 3 is 1.96 bits per heavy atom. The van der Waals surface area contributed by atoms with Crippen LogP contribution in [0.15, 0.2) is 72.8 Å². The zero-order chi connectivity index (χ0) is 17.3. The number of rotatable bonds is 8. The van der Waals surface area contributed by atoms with Gasteiger partial charge in [0.05, 0.1) is 5.69 Å². The molecule has 0 spiro atoms. The molecule has 0 atom stereocenters. The Kier molecular flexibility index (Phi) is 6.39. The van der Waals surface area contributed by atoms with Crippen LogP contribution in [0.4, 0.5) is 0 Å². The normalized spacial score (nSPS) is 10.8. The van der Waals surface area contributed by atoms with Crippen molar-refractivity contribution in [3.63, 3.8) is 0 Å². The van der Waals surface area contributed by atoms with Crippen molar-refractivity contribution in [1.29, 1.82) is 0 Å². The summed E-state index contributed by atoms with van der Waals surface area (Å²) < 4.78 is 0. The van der Waals surface area contributed by atoms with Gasteiger partial charge in [0, 0.05) is 16.8 Å². The van der Waals surface area contributed by atoms with Gasteiger partial charge < -0.3 is 0 Å². The number of aryl methyl sites for hydroxylation is 1. The van der Waals surface area contributed by atoms with Gasteiger partial charge in [-0.2, -0.15) is 0 Å². The Morgan fingerprint density at radius 1 is 0.640 bits per heavy atom. The highest BCUT2D eigenvalue weighted by atomic mass is 14.7. The van der Waals surface area contributed by atoms with Gasteiger partial charge in [-0.1, -0.05) is 99.3 Å². The topological polar surface area (TPSA) is 12.9 Å². The van der Waals surface area contributed by atoms with E-state index in [4.69, 9.17) is 4.98 Å². The molecular weight excluding hydrogens is 302 g/mol. The molecule has 3 rings (SSSR count). The summed E-state index contributed by atoms with van der Waals surface area (Å²) in [4.78, 5) is 5.04. The van der Waals surface area contributed by atoms with Crippen molar-refractivity contribution in [2.45, 2.75) is 45.4 Å². The van der Waals surface area contributed by atoms with Crippen LogP contribution in [0.2, 0.25) is 0 Å². The first-order chi connectivity index (χ1) is 12.4. The second-order valence-corrected chi connectivity index (χ2v) is 6.59. The molecule has 0 bridgehead atoms. The Balaban J connectivity index is 1.86. The summed E-state index contributed by atoms with van der Waals surface area (Å²) in [5.74, 6) is 0. The number of hydrogen-bond acceptors (Lipinski definition) is 1. The Labute approximate surface area is 151 Å². The van der Waals surface area contributed by atoms with Crippen LogP contribution in [0.25, 0.3) is 22.4 Å². The maximum atomic E-state index is 5.04. The molecule has 0 saturated heterocycles. The standard InChI is InChI=1S/C24H27N/c1-2-3-4-5-12-17-24-22(20-13-8-6-9-14-20)18-19-23(25-24)21-15-10-7-11-16-21/h6-11,13-16,18-19H,2-5,12,17H2,1H3. The molecule has 0 amide bonds. The van der Waals surface area contributed by atoms with E-state index >= 15 is 0 Å². The molecule has 0 aliphatic rings. The van der Waals surface area contributed by atoms with Crippen molar-refractivity contribution in [2.75, 3.05) is 0 Å². The smallest absolute Gasteiger partial charge is 0.0705 e. The maximum absolute atomic E-state index is 5.04. The molecule has 0 unspecified atom stereocenters. The molecule has 0 saturated carbocycles.